The molecule has 2 saturated heterocycles. The first-order valence-electron chi connectivity index (χ1n) is 8.59. The number of anilines is 1. The fraction of sp³-hybridized carbons (Fsp3) is 0.667. The van der Waals surface area contributed by atoms with Crippen LogP contribution in [0.25, 0.3) is 0 Å². The summed E-state index contributed by atoms with van der Waals surface area (Å²) in [5.74, 6) is 0. The van der Waals surface area contributed by atoms with Crippen LogP contribution in [0, 0.1) is 0 Å². The van der Waals surface area contributed by atoms with Gasteiger partial charge in [-0.1, -0.05) is 31.5 Å². The maximum Gasteiger partial charge on any atom is 0.0367 e. The monoisotopic (exact) mass is 287 g/mol. The van der Waals surface area contributed by atoms with Gasteiger partial charge in [-0.2, -0.15) is 0 Å². The van der Waals surface area contributed by atoms with Crippen LogP contribution in [-0.2, 0) is 0 Å². The Morgan fingerprint density at radius 2 is 1.86 bits per heavy atom. The largest absolute Gasteiger partial charge is 0.369 e. The molecule has 0 saturated carbocycles. The van der Waals surface area contributed by atoms with E-state index in [0.29, 0.717) is 5.54 Å². The number of nitrogens with one attached hydrogen (secondary N) is 1. The molecule has 116 valence electrons. The Morgan fingerprint density at radius 1 is 1.10 bits per heavy atom. The highest BCUT2D eigenvalue weighted by Crippen LogP contribution is 2.26. The van der Waals surface area contributed by atoms with E-state index in [1.807, 2.05) is 0 Å². The minimum absolute atomic E-state index is 0.406. The smallest absolute Gasteiger partial charge is 0.0367 e. The third-order valence-electron chi connectivity index (χ3n) is 5.08. The van der Waals surface area contributed by atoms with Crippen LogP contribution in [-0.4, -0.2) is 49.7 Å². The Balaban J connectivity index is 1.53. The Hall–Kier alpha value is -1.06. The molecule has 0 radical (unpaired) electrons. The first kappa shape index (κ1) is 14.9. The molecule has 1 N–H and O–H groups in total. The fourth-order valence-corrected chi connectivity index (χ4v) is 4.01. The minimum atomic E-state index is 0.406. The van der Waals surface area contributed by atoms with Crippen molar-refractivity contribution in [3.8, 4) is 0 Å². The van der Waals surface area contributed by atoms with Crippen molar-refractivity contribution in [3.05, 3.63) is 30.3 Å². The molecule has 0 aromatic heterocycles. The van der Waals surface area contributed by atoms with Crippen LogP contribution in [0.5, 0.6) is 0 Å². The predicted molar refractivity (Wildman–Crippen MR) is 90.0 cm³/mol. The zero-order valence-corrected chi connectivity index (χ0v) is 13.4. The van der Waals surface area contributed by atoms with Crippen molar-refractivity contribution in [1.29, 1.82) is 0 Å². The van der Waals surface area contributed by atoms with E-state index < -0.39 is 0 Å². The summed E-state index contributed by atoms with van der Waals surface area (Å²) in [5, 5.41) is 3.81. The number of rotatable bonds is 5. The van der Waals surface area contributed by atoms with E-state index in [1.54, 1.807) is 0 Å². The molecule has 3 heteroatoms. The van der Waals surface area contributed by atoms with Crippen LogP contribution < -0.4 is 10.2 Å². The van der Waals surface area contributed by atoms with Crippen LogP contribution in [0.4, 0.5) is 5.69 Å². The molecule has 21 heavy (non-hydrogen) atoms. The zero-order valence-electron chi connectivity index (χ0n) is 13.4. The van der Waals surface area contributed by atoms with Crippen LogP contribution in [0.1, 0.15) is 32.6 Å². The zero-order chi connectivity index (χ0) is 14.5. The molecule has 0 amide bonds. The lowest BCUT2D eigenvalue weighted by Gasteiger charge is -2.41. The second-order valence-electron chi connectivity index (χ2n) is 6.66. The maximum atomic E-state index is 3.81. The number of nitrogens with zero attached hydrogens (tertiary/aromatic N) is 2. The molecule has 2 aliphatic heterocycles. The van der Waals surface area contributed by atoms with Gasteiger partial charge in [0.05, 0.1) is 0 Å². The summed E-state index contributed by atoms with van der Waals surface area (Å²) < 4.78 is 0. The van der Waals surface area contributed by atoms with Crippen molar-refractivity contribution >= 4 is 5.69 Å². The topological polar surface area (TPSA) is 18.5 Å². The summed E-state index contributed by atoms with van der Waals surface area (Å²) in [4.78, 5) is 5.19. The highest BCUT2D eigenvalue weighted by molar-refractivity contribution is 5.46. The normalized spacial score (nSPS) is 27.2. The fourth-order valence-electron chi connectivity index (χ4n) is 4.01. The van der Waals surface area contributed by atoms with E-state index in [1.165, 1.54) is 57.5 Å². The second kappa shape index (κ2) is 6.80. The molecule has 1 atom stereocenters. The molecule has 0 spiro atoms. The molecule has 1 aromatic rings. The van der Waals surface area contributed by atoms with Crippen LogP contribution in [0.15, 0.2) is 30.3 Å². The lowest BCUT2D eigenvalue weighted by molar-refractivity contribution is 0.175. The van der Waals surface area contributed by atoms with Crippen molar-refractivity contribution in [2.24, 2.45) is 0 Å². The first-order valence-corrected chi connectivity index (χ1v) is 8.59. The highest BCUT2D eigenvalue weighted by Gasteiger charge is 2.34. The third kappa shape index (κ3) is 3.58. The van der Waals surface area contributed by atoms with Crippen LogP contribution >= 0.6 is 0 Å². The van der Waals surface area contributed by atoms with Gasteiger partial charge in [-0.05, 0) is 37.9 Å². The molecular formula is C18H29N3. The van der Waals surface area contributed by atoms with E-state index >= 15 is 0 Å². The Kier molecular flexibility index (Phi) is 4.81. The van der Waals surface area contributed by atoms with Crippen molar-refractivity contribution < 1.29 is 0 Å². The number of benzene rings is 1. The van der Waals surface area contributed by atoms with Gasteiger partial charge in [-0.15, -0.1) is 0 Å². The van der Waals surface area contributed by atoms with Crippen LogP contribution in [0.2, 0.25) is 0 Å². The molecule has 0 bridgehead atoms. The molecule has 2 heterocycles. The van der Waals surface area contributed by atoms with Gasteiger partial charge in [-0.3, -0.25) is 4.90 Å². The third-order valence-corrected chi connectivity index (χ3v) is 5.08. The van der Waals surface area contributed by atoms with Gasteiger partial charge in [0.1, 0.15) is 0 Å². The van der Waals surface area contributed by atoms with Crippen LogP contribution in [0.3, 0.4) is 0 Å². The highest BCUT2D eigenvalue weighted by atomic mass is 15.3. The molecule has 2 aliphatic rings. The quantitative estimate of drug-likeness (QED) is 0.898. The molecule has 0 aliphatic carbocycles. The SMILES string of the molecule is CCCC1(CN2CCN(c3ccccc3)CC2)CCCN1. The number of hydrogen-bond donors (Lipinski definition) is 1. The summed E-state index contributed by atoms with van der Waals surface area (Å²) in [6.45, 7) is 9.48. The number of piperazine rings is 1. The van der Waals surface area contributed by atoms with Gasteiger partial charge in [0.25, 0.3) is 0 Å². The minimum Gasteiger partial charge on any atom is -0.369 e. The number of para-hydroxylation sites is 1. The summed E-state index contributed by atoms with van der Waals surface area (Å²) in [6.07, 6.45) is 5.33. The average Bonchev–Trinajstić information content (AvgIpc) is 2.98. The van der Waals surface area contributed by atoms with Gasteiger partial charge in [-0.25, -0.2) is 0 Å². The van der Waals surface area contributed by atoms with Gasteiger partial charge >= 0.3 is 0 Å². The molecular weight excluding hydrogens is 258 g/mol. The first-order chi connectivity index (χ1) is 10.3. The Labute approximate surface area is 129 Å². The van der Waals surface area contributed by atoms with E-state index in [2.05, 4.69) is 52.4 Å². The van der Waals surface area contributed by atoms with Gasteiger partial charge in [0, 0.05) is 44.0 Å². The van der Waals surface area contributed by atoms with Crippen molar-refractivity contribution in [3.63, 3.8) is 0 Å². The second-order valence-corrected chi connectivity index (χ2v) is 6.66. The summed E-state index contributed by atoms with van der Waals surface area (Å²) in [6, 6.07) is 10.8. The summed E-state index contributed by atoms with van der Waals surface area (Å²) >= 11 is 0. The number of hydrogen-bond acceptors (Lipinski definition) is 3. The molecule has 2 fully saturated rings. The van der Waals surface area contributed by atoms with Gasteiger partial charge < -0.3 is 10.2 Å². The summed E-state index contributed by atoms with van der Waals surface area (Å²) in [7, 11) is 0. The van der Waals surface area contributed by atoms with Crippen molar-refractivity contribution in [2.45, 2.75) is 38.1 Å². The average molecular weight is 287 g/mol. The maximum absolute atomic E-state index is 3.81. The lowest BCUT2D eigenvalue weighted by atomic mass is 9.91. The van der Waals surface area contributed by atoms with E-state index in [-0.39, 0.29) is 0 Å². The predicted octanol–water partition coefficient (Wildman–Crippen LogP) is 2.73. The van der Waals surface area contributed by atoms with E-state index in [9.17, 15) is 0 Å². The molecule has 1 aromatic carbocycles. The van der Waals surface area contributed by atoms with Crippen molar-refractivity contribution in [2.75, 3.05) is 44.2 Å². The molecule has 1 unspecified atom stereocenters. The molecule has 3 rings (SSSR count). The summed E-state index contributed by atoms with van der Waals surface area (Å²) in [5.41, 5.74) is 1.78. The van der Waals surface area contributed by atoms with Gasteiger partial charge in [0.2, 0.25) is 0 Å². The molecule has 3 nitrogen and oxygen atoms in total. The Morgan fingerprint density at radius 3 is 2.48 bits per heavy atom. The van der Waals surface area contributed by atoms with Crippen molar-refractivity contribution in [1.82, 2.24) is 10.2 Å². The Bertz CT molecular complexity index is 417. The standard InChI is InChI=1S/C18H29N3/c1-2-9-18(10-6-11-19-18)16-20-12-14-21(15-13-20)17-7-4-3-5-8-17/h3-5,7-8,19H,2,6,9-16H2,1H3. The lowest BCUT2D eigenvalue weighted by Crippen LogP contribution is -2.55. The van der Waals surface area contributed by atoms with E-state index in [4.69, 9.17) is 0 Å². The van der Waals surface area contributed by atoms with Gasteiger partial charge in [0.15, 0.2) is 0 Å². The van der Waals surface area contributed by atoms with E-state index in [0.717, 1.165) is 13.1 Å².